The topological polar surface area (TPSA) is 30.5 Å². The first-order valence-corrected chi connectivity index (χ1v) is 7.61. The molecule has 3 nitrogen and oxygen atoms in total. The molecular weight excluding hydrogens is 354 g/mol. The molecule has 5 heteroatoms. The Morgan fingerprint density at radius 3 is 2.14 bits per heavy atom. The Hall–Kier alpha value is -1.23. The van der Waals surface area contributed by atoms with Crippen LogP contribution in [-0.2, 0) is 0 Å². The number of benzene rings is 2. The van der Waals surface area contributed by atoms with Gasteiger partial charge in [-0.1, -0.05) is 33.6 Å². The predicted octanol–water partition coefficient (Wildman–Crippen LogP) is 4.43. The lowest BCUT2D eigenvalue weighted by Crippen LogP contribution is -2.18. The van der Waals surface area contributed by atoms with E-state index in [1.54, 1.807) is 14.2 Å². The fourth-order valence-corrected chi connectivity index (χ4v) is 3.15. The monoisotopic (exact) mass is 369 g/mol. The van der Waals surface area contributed by atoms with Crippen LogP contribution in [0.4, 0.5) is 0 Å². The van der Waals surface area contributed by atoms with Crippen LogP contribution < -0.4 is 14.8 Å². The summed E-state index contributed by atoms with van der Waals surface area (Å²) in [6, 6.07) is 11.6. The van der Waals surface area contributed by atoms with E-state index in [-0.39, 0.29) is 6.04 Å². The van der Waals surface area contributed by atoms with E-state index in [4.69, 9.17) is 21.1 Å². The zero-order chi connectivity index (χ0) is 15.4. The van der Waals surface area contributed by atoms with E-state index < -0.39 is 0 Å². The molecule has 0 saturated heterocycles. The average molecular weight is 371 g/mol. The van der Waals surface area contributed by atoms with E-state index >= 15 is 0 Å². The highest BCUT2D eigenvalue weighted by Gasteiger charge is 2.17. The fourth-order valence-electron chi connectivity index (χ4n) is 2.23. The molecule has 0 spiro atoms. The summed E-state index contributed by atoms with van der Waals surface area (Å²) in [6.07, 6.45) is 0. The van der Waals surface area contributed by atoms with Crippen molar-refractivity contribution in [3.8, 4) is 11.5 Å². The third-order valence-corrected chi connectivity index (χ3v) is 4.19. The van der Waals surface area contributed by atoms with Crippen molar-refractivity contribution in [1.82, 2.24) is 5.32 Å². The second-order valence-corrected chi connectivity index (χ2v) is 5.82. The standard InChI is InChI=1S/C16H17BrClNO2/c1-19-16(14-5-4-11(18)8-15(14)17)10-6-12(20-2)9-13(7-10)21-3/h4-9,16,19H,1-3H3. The summed E-state index contributed by atoms with van der Waals surface area (Å²) >= 11 is 9.59. The molecule has 0 aliphatic rings. The van der Waals surface area contributed by atoms with Crippen molar-refractivity contribution in [1.29, 1.82) is 0 Å². The van der Waals surface area contributed by atoms with Crippen molar-refractivity contribution in [2.45, 2.75) is 6.04 Å². The van der Waals surface area contributed by atoms with Crippen molar-refractivity contribution >= 4 is 27.5 Å². The number of hydrogen-bond donors (Lipinski definition) is 1. The van der Waals surface area contributed by atoms with Crippen LogP contribution in [0.2, 0.25) is 5.02 Å². The minimum atomic E-state index is 0.000594. The molecular formula is C16H17BrClNO2. The summed E-state index contributed by atoms with van der Waals surface area (Å²) < 4.78 is 11.6. The number of nitrogens with one attached hydrogen (secondary N) is 1. The van der Waals surface area contributed by atoms with Crippen LogP contribution in [0.1, 0.15) is 17.2 Å². The van der Waals surface area contributed by atoms with Gasteiger partial charge >= 0.3 is 0 Å². The van der Waals surface area contributed by atoms with Gasteiger partial charge in [0.2, 0.25) is 0 Å². The van der Waals surface area contributed by atoms with Crippen LogP contribution in [0, 0.1) is 0 Å². The van der Waals surface area contributed by atoms with Crippen LogP contribution in [0.3, 0.4) is 0 Å². The van der Waals surface area contributed by atoms with Gasteiger partial charge in [-0.25, -0.2) is 0 Å². The highest BCUT2D eigenvalue weighted by Crippen LogP contribution is 2.34. The molecule has 0 radical (unpaired) electrons. The molecule has 0 amide bonds. The van der Waals surface area contributed by atoms with Gasteiger partial charge in [0.15, 0.2) is 0 Å². The van der Waals surface area contributed by atoms with Gasteiger partial charge in [-0.15, -0.1) is 0 Å². The van der Waals surface area contributed by atoms with Crippen LogP contribution in [0.15, 0.2) is 40.9 Å². The second kappa shape index (κ2) is 7.16. The molecule has 2 rings (SSSR count). The summed E-state index contributed by atoms with van der Waals surface area (Å²) in [5, 5.41) is 4.01. The maximum atomic E-state index is 6.02. The Morgan fingerprint density at radius 1 is 1.05 bits per heavy atom. The molecule has 0 aromatic heterocycles. The first-order chi connectivity index (χ1) is 10.1. The van der Waals surface area contributed by atoms with E-state index in [1.807, 2.05) is 43.4 Å². The van der Waals surface area contributed by atoms with Gasteiger partial charge in [-0.2, -0.15) is 0 Å². The van der Waals surface area contributed by atoms with Gasteiger partial charge < -0.3 is 14.8 Å². The number of hydrogen-bond acceptors (Lipinski definition) is 3. The molecule has 0 heterocycles. The Labute approximate surface area is 138 Å². The van der Waals surface area contributed by atoms with Gasteiger partial charge in [0.1, 0.15) is 11.5 Å². The number of halogens is 2. The third kappa shape index (κ3) is 3.70. The lowest BCUT2D eigenvalue weighted by Gasteiger charge is -2.20. The molecule has 1 atom stereocenters. The Kier molecular flexibility index (Phi) is 5.51. The molecule has 1 N–H and O–H groups in total. The van der Waals surface area contributed by atoms with Crippen LogP contribution in [0.5, 0.6) is 11.5 Å². The average Bonchev–Trinajstić information content (AvgIpc) is 2.49. The van der Waals surface area contributed by atoms with Crippen molar-refractivity contribution < 1.29 is 9.47 Å². The fraction of sp³-hybridized carbons (Fsp3) is 0.250. The lowest BCUT2D eigenvalue weighted by atomic mass is 9.98. The van der Waals surface area contributed by atoms with Gasteiger partial charge in [0.25, 0.3) is 0 Å². The molecule has 1 unspecified atom stereocenters. The number of methoxy groups -OCH3 is 2. The van der Waals surface area contributed by atoms with Gasteiger partial charge in [-0.05, 0) is 42.4 Å². The molecule has 0 saturated carbocycles. The van der Waals surface area contributed by atoms with Gasteiger partial charge in [-0.3, -0.25) is 0 Å². The molecule has 21 heavy (non-hydrogen) atoms. The number of ether oxygens (including phenoxy) is 2. The summed E-state index contributed by atoms with van der Waals surface area (Å²) in [7, 11) is 5.20. The minimum absolute atomic E-state index is 0.000594. The Bertz CT molecular complexity index is 611. The molecule has 0 fully saturated rings. The molecule has 112 valence electrons. The van der Waals surface area contributed by atoms with Gasteiger partial charge in [0, 0.05) is 15.6 Å². The van der Waals surface area contributed by atoms with Crippen LogP contribution in [-0.4, -0.2) is 21.3 Å². The molecule has 2 aromatic carbocycles. The zero-order valence-corrected chi connectivity index (χ0v) is 14.5. The van der Waals surface area contributed by atoms with Gasteiger partial charge in [0.05, 0.1) is 20.3 Å². The van der Waals surface area contributed by atoms with E-state index in [0.29, 0.717) is 5.02 Å². The quantitative estimate of drug-likeness (QED) is 0.844. The largest absolute Gasteiger partial charge is 0.497 e. The van der Waals surface area contributed by atoms with Crippen molar-refractivity contribution in [2.24, 2.45) is 0 Å². The molecule has 2 aromatic rings. The van der Waals surface area contributed by atoms with E-state index in [0.717, 1.165) is 27.1 Å². The summed E-state index contributed by atoms with van der Waals surface area (Å²) in [5.74, 6) is 1.52. The summed E-state index contributed by atoms with van der Waals surface area (Å²) in [4.78, 5) is 0. The molecule has 0 aliphatic carbocycles. The van der Waals surface area contributed by atoms with Crippen molar-refractivity contribution in [3.63, 3.8) is 0 Å². The first kappa shape index (κ1) is 16.1. The normalized spacial score (nSPS) is 12.0. The lowest BCUT2D eigenvalue weighted by molar-refractivity contribution is 0.392. The van der Waals surface area contributed by atoms with Crippen LogP contribution >= 0.6 is 27.5 Å². The summed E-state index contributed by atoms with van der Waals surface area (Å²) in [5.41, 5.74) is 2.15. The van der Waals surface area contributed by atoms with Crippen molar-refractivity contribution in [2.75, 3.05) is 21.3 Å². The molecule has 0 aliphatic heterocycles. The Morgan fingerprint density at radius 2 is 1.67 bits per heavy atom. The van der Waals surface area contributed by atoms with E-state index in [9.17, 15) is 0 Å². The molecule has 0 bridgehead atoms. The number of rotatable bonds is 5. The van der Waals surface area contributed by atoms with E-state index in [1.165, 1.54) is 0 Å². The smallest absolute Gasteiger partial charge is 0.122 e. The van der Waals surface area contributed by atoms with Crippen molar-refractivity contribution in [3.05, 3.63) is 57.0 Å². The highest BCUT2D eigenvalue weighted by atomic mass is 79.9. The second-order valence-electron chi connectivity index (χ2n) is 4.53. The SMILES string of the molecule is CNC(c1cc(OC)cc(OC)c1)c1ccc(Cl)cc1Br. The predicted molar refractivity (Wildman–Crippen MR) is 89.6 cm³/mol. The maximum absolute atomic E-state index is 6.02. The minimum Gasteiger partial charge on any atom is -0.497 e. The maximum Gasteiger partial charge on any atom is 0.122 e. The van der Waals surface area contributed by atoms with E-state index in [2.05, 4.69) is 21.2 Å². The zero-order valence-electron chi connectivity index (χ0n) is 12.1. The Balaban J connectivity index is 2.50. The van der Waals surface area contributed by atoms with Crippen LogP contribution in [0.25, 0.3) is 0 Å². The highest BCUT2D eigenvalue weighted by molar-refractivity contribution is 9.10. The first-order valence-electron chi connectivity index (χ1n) is 6.44. The third-order valence-electron chi connectivity index (χ3n) is 3.27. The summed E-state index contributed by atoms with van der Waals surface area (Å²) in [6.45, 7) is 0.